The Morgan fingerprint density at radius 1 is 1.38 bits per heavy atom. The van der Waals surface area contributed by atoms with Crippen LogP contribution in [0.15, 0.2) is 46.9 Å². The number of benzene rings is 1. The Hall–Kier alpha value is -1.60. The second-order valence-electron chi connectivity index (χ2n) is 3.32. The smallest absolute Gasteiger partial charge is 0.183 e. The highest BCUT2D eigenvalue weighted by Gasteiger charge is 2.15. The molecular formula is C12H13NO2S. The van der Waals surface area contributed by atoms with E-state index in [1.165, 1.54) is 12.1 Å². The second-order valence-corrected chi connectivity index (χ2v) is 5.31. The Balaban J connectivity index is 2.98. The molecule has 0 fully saturated rings. The fourth-order valence-corrected chi connectivity index (χ4v) is 2.63. The van der Waals surface area contributed by atoms with Gasteiger partial charge in [0.1, 0.15) is 0 Å². The minimum Gasteiger partial charge on any atom is -0.223 e. The molecule has 0 saturated heterocycles. The number of nitrogens with zero attached hydrogens (tertiary/aromatic N) is 1. The van der Waals surface area contributed by atoms with Crippen LogP contribution in [-0.4, -0.2) is 14.2 Å². The first-order valence-electron chi connectivity index (χ1n) is 4.97. The molecule has 4 heteroatoms. The molecule has 0 atom stereocenters. The molecule has 0 radical (unpaired) electrons. The molecular weight excluding hydrogens is 222 g/mol. The average molecular weight is 235 g/mol. The van der Waals surface area contributed by atoms with Crippen molar-refractivity contribution in [3.63, 3.8) is 0 Å². The summed E-state index contributed by atoms with van der Waals surface area (Å²) in [5.41, 5.74) is 0.298. The lowest BCUT2D eigenvalue weighted by molar-refractivity contribution is 0.598. The third-order valence-electron chi connectivity index (χ3n) is 2.04. The zero-order valence-electron chi connectivity index (χ0n) is 9.05. The minimum atomic E-state index is -3.38. The molecule has 0 bridgehead atoms. The molecule has 0 spiro atoms. The van der Waals surface area contributed by atoms with Crippen molar-refractivity contribution in [2.24, 2.45) is 0 Å². The van der Waals surface area contributed by atoms with Gasteiger partial charge in [-0.1, -0.05) is 31.2 Å². The van der Waals surface area contributed by atoms with Crippen molar-refractivity contribution in [1.29, 1.82) is 5.26 Å². The number of rotatable bonds is 4. The Morgan fingerprint density at radius 2 is 2.00 bits per heavy atom. The third kappa shape index (κ3) is 3.21. The predicted octanol–water partition coefficient (Wildman–Crippen LogP) is 2.32. The van der Waals surface area contributed by atoms with Crippen LogP contribution in [0.3, 0.4) is 0 Å². The van der Waals surface area contributed by atoms with Gasteiger partial charge in [0.25, 0.3) is 0 Å². The first kappa shape index (κ1) is 12.5. The molecule has 84 valence electrons. The zero-order chi connectivity index (χ0) is 12.0. The Morgan fingerprint density at radius 3 is 2.50 bits per heavy atom. The largest absolute Gasteiger partial charge is 0.223 e. The van der Waals surface area contributed by atoms with Gasteiger partial charge in [-0.05, 0) is 18.6 Å². The van der Waals surface area contributed by atoms with E-state index in [1.54, 1.807) is 24.3 Å². The van der Waals surface area contributed by atoms with Gasteiger partial charge in [-0.15, -0.1) is 0 Å². The molecule has 0 unspecified atom stereocenters. The maximum Gasteiger partial charge on any atom is 0.183 e. The molecule has 0 N–H and O–H groups in total. The molecule has 0 aromatic heterocycles. The fraction of sp³-hybridized carbons (Fsp3) is 0.250. The van der Waals surface area contributed by atoms with Gasteiger partial charge in [0.2, 0.25) is 0 Å². The van der Waals surface area contributed by atoms with Crippen LogP contribution < -0.4 is 0 Å². The quantitative estimate of drug-likeness (QED) is 0.752. The highest BCUT2D eigenvalue weighted by Crippen LogP contribution is 2.13. The zero-order valence-corrected chi connectivity index (χ0v) is 9.87. The van der Waals surface area contributed by atoms with Crippen molar-refractivity contribution in [2.45, 2.75) is 18.2 Å². The number of sulfone groups is 1. The lowest BCUT2D eigenvalue weighted by atomic mass is 10.3. The number of hydrogen-bond donors (Lipinski definition) is 0. The fourth-order valence-electron chi connectivity index (χ4n) is 1.30. The number of allylic oxidation sites excluding steroid dienone is 1. The van der Waals surface area contributed by atoms with Crippen LogP contribution in [0.25, 0.3) is 0 Å². The van der Waals surface area contributed by atoms with Crippen LogP contribution in [0.2, 0.25) is 0 Å². The monoisotopic (exact) mass is 235 g/mol. The molecule has 16 heavy (non-hydrogen) atoms. The molecule has 1 aromatic carbocycles. The molecule has 0 heterocycles. The average Bonchev–Trinajstić information content (AvgIpc) is 2.29. The highest BCUT2D eigenvalue weighted by molar-refractivity contribution is 7.91. The molecule has 0 amide bonds. The Bertz CT molecular complexity index is 510. The summed E-state index contributed by atoms with van der Waals surface area (Å²) in [6, 6.07) is 10.1. The first-order valence-corrected chi connectivity index (χ1v) is 6.62. The SMILES string of the molecule is CCC=C(C#N)CS(=O)(=O)c1ccccc1. The topological polar surface area (TPSA) is 57.9 Å². The molecule has 0 saturated carbocycles. The van der Waals surface area contributed by atoms with Gasteiger partial charge in [-0.2, -0.15) is 5.26 Å². The van der Waals surface area contributed by atoms with Crippen LogP contribution in [0.4, 0.5) is 0 Å². The summed E-state index contributed by atoms with van der Waals surface area (Å²) in [5.74, 6) is -0.221. The molecule has 0 aliphatic carbocycles. The van der Waals surface area contributed by atoms with E-state index in [0.717, 1.165) is 0 Å². The van der Waals surface area contributed by atoms with Crippen LogP contribution in [0, 0.1) is 11.3 Å². The van der Waals surface area contributed by atoms with Gasteiger partial charge in [0.05, 0.1) is 16.7 Å². The van der Waals surface area contributed by atoms with Gasteiger partial charge < -0.3 is 0 Å². The molecule has 3 nitrogen and oxygen atoms in total. The van der Waals surface area contributed by atoms with Gasteiger partial charge in [-0.3, -0.25) is 0 Å². The van der Waals surface area contributed by atoms with E-state index in [1.807, 2.05) is 13.0 Å². The number of hydrogen-bond acceptors (Lipinski definition) is 3. The van der Waals surface area contributed by atoms with E-state index in [0.29, 0.717) is 12.0 Å². The van der Waals surface area contributed by atoms with Crippen LogP contribution in [0.1, 0.15) is 13.3 Å². The van der Waals surface area contributed by atoms with Gasteiger partial charge >= 0.3 is 0 Å². The summed E-state index contributed by atoms with van der Waals surface area (Å²) in [5, 5.41) is 8.78. The van der Waals surface area contributed by atoms with E-state index in [4.69, 9.17) is 5.26 Å². The predicted molar refractivity (Wildman–Crippen MR) is 62.5 cm³/mol. The van der Waals surface area contributed by atoms with Crippen molar-refractivity contribution < 1.29 is 8.42 Å². The summed E-state index contributed by atoms with van der Waals surface area (Å²) >= 11 is 0. The third-order valence-corrected chi connectivity index (χ3v) is 3.72. The maximum atomic E-state index is 11.9. The standard InChI is InChI=1S/C12H13NO2S/c1-2-6-11(9-13)10-16(14,15)12-7-4-3-5-8-12/h3-8H,2,10H2,1H3. The van der Waals surface area contributed by atoms with Gasteiger partial charge in [0.15, 0.2) is 9.84 Å². The van der Waals surface area contributed by atoms with Gasteiger partial charge in [0, 0.05) is 5.57 Å². The highest BCUT2D eigenvalue weighted by atomic mass is 32.2. The Kier molecular flexibility index (Phi) is 4.27. The van der Waals surface area contributed by atoms with E-state index < -0.39 is 9.84 Å². The minimum absolute atomic E-state index is 0.221. The summed E-state index contributed by atoms with van der Waals surface area (Å²) in [6.45, 7) is 1.87. The van der Waals surface area contributed by atoms with Crippen molar-refractivity contribution >= 4 is 9.84 Å². The first-order chi connectivity index (χ1) is 7.60. The maximum absolute atomic E-state index is 11.9. The van der Waals surface area contributed by atoms with E-state index >= 15 is 0 Å². The van der Waals surface area contributed by atoms with Crippen LogP contribution in [0.5, 0.6) is 0 Å². The molecule has 1 rings (SSSR count). The molecule has 0 aliphatic heterocycles. The summed E-state index contributed by atoms with van der Waals surface area (Å²) in [7, 11) is -3.38. The van der Waals surface area contributed by atoms with Crippen LogP contribution in [-0.2, 0) is 9.84 Å². The number of nitriles is 1. The summed E-state index contributed by atoms with van der Waals surface area (Å²) < 4.78 is 23.8. The Labute approximate surface area is 95.9 Å². The van der Waals surface area contributed by atoms with E-state index in [2.05, 4.69) is 0 Å². The molecule has 0 aliphatic rings. The molecule has 1 aromatic rings. The van der Waals surface area contributed by atoms with Crippen molar-refractivity contribution in [2.75, 3.05) is 5.75 Å². The second kappa shape index (κ2) is 5.47. The van der Waals surface area contributed by atoms with Crippen molar-refractivity contribution in [3.8, 4) is 6.07 Å². The van der Waals surface area contributed by atoms with Gasteiger partial charge in [-0.25, -0.2) is 8.42 Å². The van der Waals surface area contributed by atoms with E-state index in [-0.39, 0.29) is 10.6 Å². The lowest BCUT2D eigenvalue weighted by Crippen LogP contribution is -2.08. The summed E-state index contributed by atoms with van der Waals surface area (Å²) in [6.07, 6.45) is 2.30. The summed E-state index contributed by atoms with van der Waals surface area (Å²) in [4.78, 5) is 0.257. The normalized spacial score (nSPS) is 12.1. The van der Waals surface area contributed by atoms with Crippen molar-refractivity contribution in [3.05, 3.63) is 42.0 Å². The van der Waals surface area contributed by atoms with Crippen LogP contribution >= 0.6 is 0 Å². The van der Waals surface area contributed by atoms with Crippen molar-refractivity contribution in [1.82, 2.24) is 0 Å². The lowest BCUT2D eigenvalue weighted by Gasteiger charge is -2.02. The van der Waals surface area contributed by atoms with E-state index in [9.17, 15) is 8.42 Å².